The van der Waals surface area contributed by atoms with Crippen LogP contribution in [-0.2, 0) is 9.59 Å². The van der Waals surface area contributed by atoms with Gasteiger partial charge in [-0.3, -0.25) is 9.59 Å². The van der Waals surface area contributed by atoms with Crippen molar-refractivity contribution in [3.8, 4) is 0 Å². The Hall–Kier alpha value is -2.81. The first-order chi connectivity index (χ1) is 14.9. The number of likely N-dealkylation sites (tertiary alicyclic amines) is 1. The summed E-state index contributed by atoms with van der Waals surface area (Å²) in [5, 5.41) is 4.08. The number of aromatic nitrogens is 3. The maximum Gasteiger partial charge on any atom is 0.226 e. The van der Waals surface area contributed by atoms with E-state index in [1.165, 1.54) is 0 Å². The molecule has 4 rings (SSSR count). The van der Waals surface area contributed by atoms with E-state index in [4.69, 9.17) is 10.7 Å². The Morgan fingerprint density at radius 3 is 2.48 bits per heavy atom. The van der Waals surface area contributed by atoms with E-state index in [-0.39, 0.29) is 23.7 Å². The molecule has 0 unspecified atom stereocenters. The highest BCUT2D eigenvalue weighted by molar-refractivity contribution is 7.15. The summed E-state index contributed by atoms with van der Waals surface area (Å²) in [6.45, 7) is 5.26. The van der Waals surface area contributed by atoms with Gasteiger partial charge in [0.15, 0.2) is 5.13 Å². The molecule has 0 bridgehead atoms. The zero-order chi connectivity index (χ0) is 22.0. The fourth-order valence-corrected chi connectivity index (χ4v) is 5.03. The molecule has 2 aromatic heterocycles. The molecule has 3 N–H and O–H groups in total. The van der Waals surface area contributed by atoms with Crippen molar-refractivity contribution < 1.29 is 9.59 Å². The Morgan fingerprint density at radius 2 is 1.84 bits per heavy atom. The van der Waals surface area contributed by atoms with Crippen molar-refractivity contribution in [1.29, 1.82) is 0 Å². The summed E-state index contributed by atoms with van der Waals surface area (Å²) in [6.07, 6.45) is 8.49. The minimum atomic E-state index is -0.404. The van der Waals surface area contributed by atoms with Crippen LogP contribution >= 0.6 is 11.3 Å². The van der Waals surface area contributed by atoms with Gasteiger partial charge in [0, 0.05) is 41.8 Å². The van der Waals surface area contributed by atoms with Crippen molar-refractivity contribution in [3.05, 3.63) is 40.8 Å². The third-order valence-electron chi connectivity index (χ3n) is 6.01. The van der Waals surface area contributed by atoms with Crippen LogP contribution in [0.25, 0.3) is 0 Å². The van der Waals surface area contributed by atoms with Crippen LogP contribution in [0.3, 0.4) is 0 Å². The normalized spacial score (nSPS) is 21.8. The minimum absolute atomic E-state index is 0.0401. The van der Waals surface area contributed by atoms with Gasteiger partial charge in [0.2, 0.25) is 11.8 Å². The SMILES string of the molecule is Cc1cc(Nc2ncc(C)s2)nc(C2CCN(C(=O)[C@H]3CC=CC[C@H]3C(N)=O)CC2)n1. The molecule has 1 aliphatic heterocycles. The van der Waals surface area contributed by atoms with E-state index < -0.39 is 5.92 Å². The molecule has 1 saturated heterocycles. The van der Waals surface area contributed by atoms with E-state index in [0.29, 0.717) is 25.9 Å². The molecule has 2 amide bonds. The summed E-state index contributed by atoms with van der Waals surface area (Å²) in [5.41, 5.74) is 6.44. The highest BCUT2D eigenvalue weighted by atomic mass is 32.1. The second-order valence-electron chi connectivity index (χ2n) is 8.31. The number of anilines is 2. The maximum atomic E-state index is 13.1. The molecule has 164 valence electrons. The summed E-state index contributed by atoms with van der Waals surface area (Å²) < 4.78 is 0. The molecule has 8 nitrogen and oxygen atoms in total. The maximum absolute atomic E-state index is 13.1. The molecular weight excluding hydrogens is 412 g/mol. The smallest absolute Gasteiger partial charge is 0.226 e. The molecule has 31 heavy (non-hydrogen) atoms. The molecule has 1 aliphatic carbocycles. The topological polar surface area (TPSA) is 114 Å². The van der Waals surface area contributed by atoms with Crippen LogP contribution in [0.1, 0.15) is 48.0 Å². The monoisotopic (exact) mass is 440 g/mol. The molecule has 3 heterocycles. The predicted molar refractivity (Wildman–Crippen MR) is 120 cm³/mol. The summed E-state index contributed by atoms with van der Waals surface area (Å²) >= 11 is 1.58. The molecule has 9 heteroatoms. The zero-order valence-corrected chi connectivity index (χ0v) is 18.7. The number of aryl methyl sites for hydroxylation is 2. The van der Waals surface area contributed by atoms with Gasteiger partial charge in [-0.25, -0.2) is 15.0 Å². The van der Waals surface area contributed by atoms with Crippen molar-refractivity contribution >= 4 is 34.1 Å². The number of carbonyl (C=O) groups is 2. The van der Waals surface area contributed by atoms with Crippen LogP contribution < -0.4 is 11.1 Å². The van der Waals surface area contributed by atoms with Gasteiger partial charge in [-0.1, -0.05) is 12.2 Å². The van der Waals surface area contributed by atoms with Crippen LogP contribution in [0.2, 0.25) is 0 Å². The largest absolute Gasteiger partial charge is 0.369 e. The lowest BCUT2D eigenvalue weighted by molar-refractivity contribution is -0.142. The summed E-state index contributed by atoms with van der Waals surface area (Å²) in [7, 11) is 0. The van der Waals surface area contributed by atoms with Crippen molar-refractivity contribution in [1.82, 2.24) is 19.9 Å². The Balaban J connectivity index is 1.41. The molecule has 0 saturated carbocycles. The second kappa shape index (κ2) is 9.13. The number of thiazole rings is 1. The van der Waals surface area contributed by atoms with E-state index in [0.717, 1.165) is 40.2 Å². The van der Waals surface area contributed by atoms with Gasteiger partial charge in [-0.2, -0.15) is 0 Å². The number of hydrogen-bond acceptors (Lipinski definition) is 7. The first kappa shape index (κ1) is 21.4. The number of primary amides is 1. The van der Waals surface area contributed by atoms with E-state index in [9.17, 15) is 9.59 Å². The van der Waals surface area contributed by atoms with Crippen molar-refractivity contribution in [2.24, 2.45) is 17.6 Å². The molecule has 0 radical (unpaired) electrons. The second-order valence-corrected chi connectivity index (χ2v) is 9.55. The van der Waals surface area contributed by atoms with Gasteiger partial charge in [0.25, 0.3) is 0 Å². The lowest BCUT2D eigenvalue weighted by Gasteiger charge is -2.36. The first-order valence-corrected chi connectivity index (χ1v) is 11.5. The van der Waals surface area contributed by atoms with Crippen molar-refractivity contribution in [3.63, 3.8) is 0 Å². The number of nitrogens with zero attached hydrogens (tertiary/aromatic N) is 4. The number of hydrogen-bond donors (Lipinski definition) is 2. The van der Waals surface area contributed by atoms with Gasteiger partial charge < -0.3 is 16.0 Å². The third kappa shape index (κ3) is 4.92. The Labute approximate surface area is 186 Å². The summed E-state index contributed by atoms with van der Waals surface area (Å²) in [6, 6.07) is 1.92. The highest BCUT2D eigenvalue weighted by Crippen LogP contribution is 2.32. The van der Waals surface area contributed by atoms with Crippen LogP contribution in [-0.4, -0.2) is 44.8 Å². The average Bonchev–Trinajstić information content (AvgIpc) is 3.17. The number of nitrogens with one attached hydrogen (secondary N) is 1. The zero-order valence-electron chi connectivity index (χ0n) is 17.9. The molecule has 0 aromatic carbocycles. The molecule has 1 fully saturated rings. The number of allylic oxidation sites excluding steroid dienone is 2. The Bertz CT molecular complexity index is 996. The van der Waals surface area contributed by atoms with Gasteiger partial charge >= 0.3 is 0 Å². The number of piperidine rings is 1. The van der Waals surface area contributed by atoms with Gasteiger partial charge in [-0.15, -0.1) is 11.3 Å². The Morgan fingerprint density at radius 1 is 1.13 bits per heavy atom. The van der Waals surface area contributed by atoms with E-state index in [1.54, 1.807) is 11.3 Å². The van der Waals surface area contributed by atoms with Gasteiger partial charge in [0.1, 0.15) is 11.6 Å². The quantitative estimate of drug-likeness (QED) is 0.691. The summed E-state index contributed by atoms with van der Waals surface area (Å²) in [4.78, 5) is 41.6. The number of carbonyl (C=O) groups excluding carboxylic acids is 2. The fraction of sp³-hybridized carbons (Fsp3) is 0.500. The van der Waals surface area contributed by atoms with Crippen molar-refractivity contribution in [2.45, 2.75) is 45.4 Å². The van der Waals surface area contributed by atoms with Crippen LogP contribution in [0.4, 0.5) is 10.9 Å². The lowest BCUT2D eigenvalue weighted by atomic mass is 9.81. The predicted octanol–water partition coefficient (Wildman–Crippen LogP) is 3.07. The van der Waals surface area contributed by atoms with E-state index >= 15 is 0 Å². The fourth-order valence-electron chi connectivity index (χ4n) is 4.35. The van der Waals surface area contributed by atoms with Gasteiger partial charge in [0.05, 0.1) is 11.8 Å². The average molecular weight is 441 g/mol. The lowest BCUT2D eigenvalue weighted by Crippen LogP contribution is -2.46. The third-order valence-corrected chi connectivity index (χ3v) is 6.84. The minimum Gasteiger partial charge on any atom is -0.369 e. The van der Waals surface area contributed by atoms with E-state index in [2.05, 4.69) is 15.3 Å². The number of rotatable bonds is 5. The van der Waals surface area contributed by atoms with Crippen LogP contribution in [0, 0.1) is 25.7 Å². The molecule has 0 spiro atoms. The van der Waals surface area contributed by atoms with Gasteiger partial charge in [-0.05, 0) is 39.5 Å². The van der Waals surface area contributed by atoms with Crippen LogP contribution in [0.5, 0.6) is 0 Å². The molecular formula is C22H28N6O2S. The highest BCUT2D eigenvalue weighted by Gasteiger charge is 2.36. The standard InChI is InChI=1S/C22H28N6O2S/c1-13-11-18(27-22-24-12-14(2)31-22)26-20(25-13)15-7-9-28(10-8-15)21(30)17-6-4-3-5-16(17)19(23)29/h3-4,11-12,15-17H,5-10H2,1-2H3,(H2,23,29)(H,24,25,26,27)/t16-,17+/m1/s1. The number of amides is 2. The molecule has 2 atom stereocenters. The number of nitrogens with two attached hydrogens (primary N) is 1. The van der Waals surface area contributed by atoms with Crippen molar-refractivity contribution in [2.75, 3.05) is 18.4 Å². The summed E-state index contributed by atoms with van der Waals surface area (Å²) in [5.74, 6) is 0.651. The molecule has 2 aromatic rings. The molecule has 2 aliphatic rings. The Kier molecular flexibility index (Phi) is 6.31. The van der Waals surface area contributed by atoms with E-state index in [1.807, 2.05) is 43.2 Å². The van der Waals surface area contributed by atoms with Crippen LogP contribution in [0.15, 0.2) is 24.4 Å². The first-order valence-electron chi connectivity index (χ1n) is 10.7.